The molecule has 0 saturated carbocycles. The highest BCUT2D eigenvalue weighted by molar-refractivity contribution is 5.96. The van der Waals surface area contributed by atoms with Crippen LogP contribution >= 0.6 is 0 Å². The fourth-order valence-corrected chi connectivity index (χ4v) is 2.54. The summed E-state index contributed by atoms with van der Waals surface area (Å²) in [7, 11) is 1.93. The summed E-state index contributed by atoms with van der Waals surface area (Å²) in [6.07, 6.45) is 1.88. The molecular weight excluding hydrogens is 258 g/mol. The molecule has 2 rings (SSSR count). The molecule has 1 amide bonds. The molecule has 0 unspecified atom stereocenters. The first-order chi connectivity index (χ1) is 9.52. The molecule has 0 radical (unpaired) electrons. The third-order valence-electron chi connectivity index (χ3n) is 3.84. The number of benzene rings is 1. The predicted molar refractivity (Wildman–Crippen MR) is 75.8 cm³/mol. The second-order valence-electron chi connectivity index (χ2n) is 5.11. The first kappa shape index (κ1) is 14.5. The summed E-state index contributed by atoms with van der Waals surface area (Å²) < 4.78 is 0. The van der Waals surface area contributed by atoms with Gasteiger partial charge in [-0.05, 0) is 38.4 Å². The summed E-state index contributed by atoms with van der Waals surface area (Å²) in [5.74, 6) is -0.0352. The highest BCUT2D eigenvalue weighted by Crippen LogP contribution is 2.20. The van der Waals surface area contributed by atoms with Gasteiger partial charge in [0.15, 0.2) is 0 Å². The molecule has 1 fully saturated rings. The summed E-state index contributed by atoms with van der Waals surface area (Å²) in [6.45, 7) is 3.18. The van der Waals surface area contributed by atoms with E-state index in [0.717, 1.165) is 25.9 Å². The lowest BCUT2D eigenvalue weighted by Gasteiger charge is -2.32. The fourth-order valence-electron chi connectivity index (χ4n) is 2.54. The largest absolute Gasteiger partial charge is 0.339 e. The van der Waals surface area contributed by atoms with E-state index < -0.39 is 4.92 Å². The molecule has 0 atom stereocenters. The molecule has 0 bridgehead atoms. The molecule has 1 heterocycles. The van der Waals surface area contributed by atoms with Crippen molar-refractivity contribution in [3.8, 4) is 0 Å². The zero-order chi connectivity index (χ0) is 14.7. The van der Waals surface area contributed by atoms with Crippen LogP contribution in [0.25, 0.3) is 0 Å². The van der Waals surface area contributed by atoms with Gasteiger partial charge >= 0.3 is 0 Å². The third-order valence-corrected chi connectivity index (χ3v) is 3.84. The highest BCUT2D eigenvalue weighted by atomic mass is 16.6. The fraction of sp³-hybridized carbons (Fsp3) is 0.500. The number of carbonyl (C=O) groups excluding carboxylic acids is 1. The Balaban J connectivity index is 2.12. The topological polar surface area (TPSA) is 75.5 Å². The third kappa shape index (κ3) is 2.96. The van der Waals surface area contributed by atoms with E-state index in [2.05, 4.69) is 5.32 Å². The maximum absolute atomic E-state index is 12.4. The standard InChI is InChI=1S/C14H19N3O3/c1-10-9-12(17(19)20)3-4-13(10)14(18)16-7-5-11(15-2)6-8-16/h3-4,9,11,15H,5-8H2,1-2H3. The van der Waals surface area contributed by atoms with Crippen LogP contribution in [0.5, 0.6) is 0 Å². The Hall–Kier alpha value is -1.95. The maximum Gasteiger partial charge on any atom is 0.269 e. The van der Waals surface area contributed by atoms with Crippen LogP contribution in [0.3, 0.4) is 0 Å². The zero-order valence-corrected chi connectivity index (χ0v) is 11.8. The van der Waals surface area contributed by atoms with Crippen molar-refractivity contribution >= 4 is 11.6 Å². The Kier molecular flexibility index (Phi) is 4.34. The number of nitro benzene ring substituents is 1. The Morgan fingerprint density at radius 3 is 2.55 bits per heavy atom. The molecule has 0 aliphatic carbocycles. The second kappa shape index (κ2) is 6.00. The predicted octanol–water partition coefficient (Wildman–Crippen LogP) is 1.73. The number of hydrogen-bond donors (Lipinski definition) is 1. The van der Waals surface area contributed by atoms with Crippen molar-refractivity contribution in [1.82, 2.24) is 10.2 Å². The molecule has 1 saturated heterocycles. The van der Waals surface area contributed by atoms with Gasteiger partial charge in [-0.15, -0.1) is 0 Å². The van der Waals surface area contributed by atoms with Crippen LogP contribution in [-0.2, 0) is 0 Å². The second-order valence-corrected chi connectivity index (χ2v) is 5.11. The number of nitro groups is 1. The minimum Gasteiger partial charge on any atom is -0.339 e. The van der Waals surface area contributed by atoms with Gasteiger partial charge in [0.25, 0.3) is 11.6 Å². The lowest BCUT2D eigenvalue weighted by Crippen LogP contribution is -2.44. The normalized spacial score (nSPS) is 16.2. The number of nitrogens with zero attached hydrogens (tertiary/aromatic N) is 2. The van der Waals surface area contributed by atoms with Crippen LogP contribution in [-0.4, -0.2) is 41.9 Å². The van der Waals surface area contributed by atoms with Crippen molar-refractivity contribution in [2.24, 2.45) is 0 Å². The van der Waals surface area contributed by atoms with Gasteiger partial charge in [0.1, 0.15) is 0 Å². The van der Waals surface area contributed by atoms with Gasteiger partial charge in [-0.25, -0.2) is 0 Å². The van der Waals surface area contributed by atoms with Crippen LogP contribution in [0.1, 0.15) is 28.8 Å². The summed E-state index contributed by atoms with van der Waals surface area (Å²) in [5, 5.41) is 13.9. The molecule has 1 aliphatic rings. The van der Waals surface area contributed by atoms with Crippen molar-refractivity contribution in [3.63, 3.8) is 0 Å². The number of aryl methyl sites for hydroxylation is 1. The lowest BCUT2D eigenvalue weighted by molar-refractivity contribution is -0.384. The van der Waals surface area contributed by atoms with E-state index in [0.29, 0.717) is 17.2 Å². The van der Waals surface area contributed by atoms with E-state index in [4.69, 9.17) is 0 Å². The number of carbonyl (C=O) groups is 1. The van der Waals surface area contributed by atoms with Gasteiger partial charge in [-0.2, -0.15) is 0 Å². The number of likely N-dealkylation sites (tertiary alicyclic amines) is 1. The summed E-state index contributed by atoms with van der Waals surface area (Å²) in [4.78, 5) is 24.5. The molecule has 0 spiro atoms. The highest BCUT2D eigenvalue weighted by Gasteiger charge is 2.24. The van der Waals surface area contributed by atoms with Crippen molar-refractivity contribution in [2.45, 2.75) is 25.8 Å². The smallest absolute Gasteiger partial charge is 0.269 e. The van der Waals surface area contributed by atoms with Gasteiger partial charge in [0, 0.05) is 36.8 Å². The number of amides is 1. The van der Waals surface area contributed by atoms with Crippen molar-refractivity contribution < 1.29 is 9.72 Å². The molecular formula is C14H19N3O3. The number of non-ortho nitro benzene ring substituents is 1. The number of piperidine rings is 1. The van der Waals surface area contributed by atoms with E-state index in [9.17, 15) is 14.9 Å². The quantitative estimate of drug-likeness (QED) is 0.674. The molecule has 1 aromatic carbocycles. The van der Waals surface area contributed by atoms with Gasteiger partial charge in [0.05, 0.1) is 4.92 Å². The monoisotopic (exact) mass is 277 g/mol. The first-order valence-electron chi connectivity index (χ1n) is 6.74. The molecule has 1 aromatic rings. The van der Waals surface area contributed by atoms with E-state index in [-0.39, 0.29) is 11.6 Å². The van der Waals surface area contributed by atoms with Crippen LogP contribution in [0.2, 0.25) is 0 Å². The van der Waals surface area contributed by atoms with Crippen molar-refractivity contribution in [1.29, 1.82) is 0 Å². The van der Waals surface area contributed by atoms with E-state index in [1.807, 2.05) is 11.9 Å². The van der Waals surface area contributed by atoms with Gasteiger partial charge in [-0.1, -0.05) is 0 Å². The van der Waals surface area contributed by atoms with E-state index in [1.54, 1.807) is 13.0 Å². The SMILES string of the molecule is CNC1CCN(C(=O)c2ccc([N+](=O)[O-])cc2C)CC1. The molecule has 1 aliphatic heterocycles. The minimum absolute atomic E-state index is 0.0212. The van der Waals surface area contributed by atoms with Gasteiger partial charge < -0.3 is 10.2 Å². The molecule has 6 heteroatoms. The van der Waals surface area contributed by atoms with Crippen molar-refractivity contribution in [3.05, 3.63) is 39.4 Å². The van der Waals surface area contributed by atoms with Crippen LogP contribution < -0.4 is 5.32 Å². The molecule has 6 nitrogen and oxygen atoms in total. The average Bonchev–Trinajstić information content (AvgIpc) is 2.46. The molecule has 1 N–H and O–H groups in total. The minimum atomic E-state index is -0.445. The average molecular weight is 277 g/mol. The van der Waals surface area contributed by atoms with Gasteiger partial charge in [0.2, 0.25) is 0 Å². The molecule has 108 valence electrons. The molecule has 20 heavy (non-hydrogen) atoms. The lowest BCUT2D eigenvalue weighted by atomic mass is 10.0. The van der Waals surface area contributed by atoms with Gasteiger partial charge in [-0.3, -0.25) is 14.9 Å². The Morgan fingerprint density at radius 2 is 2.05 bits per heavy atom. The number of rotatable bonds is 3. The van der Waals surface area contributed by atoms with E-state index in [1.165, 1.54) is 12.1 Å². The van der Waals surface area contributed by atoms with Crippen molar-refractivity contribution in [2.75, 3.05) is 20.1 Å². The first-order valence-corrected chi connectivity index (χ1v) is 6.74. The van der Waals surface area contributed by atoms with Crippen LogP contribution in [0.15, 0.2) is 18.2 Å². The summed E-state index contributed by atoms with van der Waals surface area (Å²) >= 11 is 0. The summed E-state index contributed by atoms with van der Waals surface area (Å²) in [6, 6.07) is 4.87. The Bertz CT molecular complexity index is 522. The molecule has 0 aromatic heterocycles. The number of nitrogens with one attached hydrogen (secondary N) is 1. The zero-order valence-electron chi connectivity index (χ0n) is 11.8. The van der Waals surface area contributed by atoms with E-state index >= 15 is 0 Å². The maximum atomic E-state index is 12.4. The Morgan fingerprint density at radius 1 is 1.40 bits per heavy atom. The van der Waals surface area contributed by atoms with Crippen LogP contribution in [0, 0.1) is 17.0 Å². The number of hydrogen-bond acceptors (Lipinski definition) is 4. The Labute approximate surface area is 117 Å². The van der Waals surface area contributed by atoms with Crippen LogP contribution in [0.4, 0.5) is 5.69 Å². The summed E-state index contributed by atoms with van der Waals surface area (Å²) in [5.41, 5.74) is 1.23.